The Bertz CT molecular complexity index is 4200. The fourth-order valence-corrected chi connectivity index (χ4v) is 16.8. The highest BCUT2D eigenvalue weighted by Crippen LogP contribution is 2.61. The van der Waals surface area contributed by atoms with Gasteiger partial charge in [0.05, 0.1) is 34.1 Å². The quantitative estimate of drug-likeness (QED) is 0.0986. The number of rotatable bonds is 6. The molecular formula is C79H58Br4O6. The highest BCUT2D eigenvalue weighted by atomic mass is 79.9. The zero-order valence-corrected chi connectivity index (χ0v) is 55.1. The van der Waals surface area contributed by atoms with E-state index in [0.717, 1.165) is 66.8 Å². The Morgan fingerprint density at radius 2 is 0.416 bits per heavy atom. The molecule has 0 atom stereocenters. The van der Waals surface area contributed by atoms with Crippen LogP contribution in [0.3, 0.4) is 0 Å². The summed E-state index contributed by atoms with van der Waals surface area (Å²) < 4.78 is 2.43. The van der Waals surface area contributed by atoms with Gasteiger partial charge in [-0.3, -0.25) is 0 Å². The van der Waals surface area contributed by atoms with Gasteiger partial charge in [-0.05, 0) is 262 Å². The van der Waals surface area contributed by atoms with E-state index in [1.807, 2.05) is 76.2 Å². The van der Waals surface area contributed by atoms with Gasteiger partial charge in [0.15, 0.2) is 0 Å². The average molecular weight is 1420 g/mol. The largest absolute Gasteiger partial charge is 0.508 e. The summed E-state index contributed by atoms with van der Waals surface area (Å²) >= 11 is 14.1. The van der Waals surface area contributed by atoms with Crippen molar-refractivity contribution in [3.63, 3.8) is 0 Å². The number of aryl methyl sites for hydroxylation is 4. The van der Waals surface area contributed by atoms with E-state index in [4.69, 9.17) is 0 Å². The normalized spacial score (nSPS) is 13.7. The zero-order chi connectivity index (χ0) is 62.3. The summed E-state index contributed by atoms with van der Waals surface area (Å²) in [6.45, 7) is 7.83. The van der Waals surface area contributed by atoms with E-state index in [9.17, 15) is 30.6 Å². The van der Waals surface area contributed by atoms with E-state index in [2.05, 4.69) is 234 Å². The molecule has 3 aliphatic rings. The Hall–Kier alpha value is -8.64. The van der Waals surface area contributed by atoms with Crippen LogP contribution in [0, 0.1) is 27.7 Å². The maximum atomic E-state index is 10.5. The molecule has 0 unspecified atom stereocenters. The van der Waals surface area contributed by atoms with Crippen LogP contribution in [-0.2, 0) is 16.2 Å². The van der Waals surface area contributed by atoms with Crippen LogP contribution in [-0.4, -0.2) is 30.6 Å². The standard InChI is InChI=1S/C29H26O2.C25H14Br4O2.C25H18O2/c1-17-13-21(14-18(2)27(17)30)29(22-15-19(3)28(31)20(4)16-22)25-11-7-5-9-23(25)24-10-6-8-12-26(24)29;26-19-9-13(10-20(27)23(19)30)25(14-11-21(28)24(31)22(29)12-14)17-7-3-1-5-15(17)16-6-2-4-8-18(16)25;26-19-13-9-17(10-14-19)25(18-11-15-20(27)16-12-18)23-7-3-1-5-21(23)22-6-2-4-8-24(22)25/h5-16,30-31H,1-4H3;1-12,30-31H;1-16,26-27H. The first-order chi connectivity index (χ1) is 42.9. The van der Waals surface area contributed by atoms with Crippen LogP contribution in [0.15, 0.2) is 261 Å². The Kier molecular flexibility index (Phi) is 15.4. The first kappa shape index (κ1) is 59.3. The molecule has 3 aliphatic carbocycles. The van der Waals surface area contributed by atoms with E-state index in [1.54, 1.807) is 24.3 Å². The van der Waals surface area contributed by atoms with E-state index >= 15 is 0 Å². The maximum absolute atomic E-state index is 10.5. The molecule has 6 N–H and O–H groups in total. The van der Waals surface area contributed by atoms with Crippen molar-refractivity contribution in [3.8, 4) is 67.9 Å². The lowest BCUT2D eigenvalue weighted by molar-refractivity contribution is 0.465. The second kappa shape index (κ2) is 23.1. The van der Waals surface area contributed by atoms with Crippen molar-refractivity contribution in [2.24, 2.45) is 0 Å². The third kappa shape index (κ3) is 9.35. The smallest absolute Gasteiger partial charge is 0.143 e. The molecule has 6 nitrogen and oxygen atoms in total. The number of hydrogen-bond donors (Lipinski definition) is 6. The molecule has 10 heteroatoms. The van der Waals surface area contributed by atoms with Crippen LogP contribution < -0.4 is 0 Å². The molecule has 0 heterocycles. The molecule has 12 aromatic carbocycles. The maximum Gasteiger partial charge on any atom is 0.143 e. The molecule has 0 amide bonds. The number of aromatic hydroxyl groups is 6. The molecule has 0 saturated heterocycles. The van der Waals surface area contributed by atoms with Gasteiger partial charge < -0.3 is 30.6 Å². The molecule has 438 valence electrons. The van der Waals surface area contributed by atoms with Crippen LogP contribution in [0.25, 0.3) is 33.4 Å². The SMILES string of the molecule is Cc1cc(C2(c3cc(C)c(O)c(C)c3)c3ccccc3-c3ccccc32)cc(C)c1O.Oc1c(Br)cc(C2(c3cc(Br)c(O)c(Br)c3)c3ccccc3-c3ccccc32)cc1Br.Oc1ccc(C2(c3ccc(O)cc3)c3ccccc3-c3ccccc32)cc1. The van der Waals surface area contributed by atoms with Gasteiger partial charge in [0.1, 0.15) is 34.5 Å². The van der Waals surface area contributed by atoms with Gasteiger partial charge in [-0.2, -0.15) is 0 Å². The van der Waals surface area contributed by atoms with Gasteiger partial charge in [-0.25, -0.2) is 0 Å². The van der Waals surface area contributed by atoms with Crippen LogP contribution >= 0.6 is 63.7 Å². The molecule has 15 rings (SSSR count). The Morgan fingerprint density at radius 1 is 0.225 bits per heavy atom. The third-order valence-corrected chi connectivity index (χ3v) is 20.6. The number of phenolic OH excluding ortho intramolecular Hbond substituents is 6. The van der Waals surface area contributed by atoms with Crippen molar-refractivity contribution < 1.29 is 30.6 Å². The second-order valence-electron chi connectivity index (χ2n) is 23.1. The van der Waals surface area contributed by atoms with Gasteiger partial charge in [0, 0.05) is 0 Å². The molecular weight excluding hydrogens is 1360 g/mol. The highest BCUT2D eigenvalue weighted by Gasteiger charge is 2.49. The van der Waals surface area contributed by atoms with E-state index in [-0.39, 0.29) is 23.0 Å². The minimum absolute atomic E-state index is 0.159. The van der Waals surface area contributed by atoms with Crippen LogP contribution in [0.2, 0.25) is 0 Å². The first-order valence-electron chi connectivity index (χ1n) is 29.1. The predicted octanol–water partition coefficient (Wildman–Crippen LogP) is 20.7. The van der Waals surface area contributed by atoms with Gasteiger partial charge in [0.2, 0.25) is 0 Å². The molecule has 0 bridgehead atoms. The van der Waals surface area contributed by atoms with Crippen molar-refractivity contribution in [2.75, 3.05) is 0 Å². The Balaban J connectivity index is 0.000000123. The summed E-state index contributed by atoms with van der Waals surface area (Å²) in [4.78, 5) is 0. The van der Waals surface area contributed by atoms with E-state index in [0.29, 0.717) is 29.4 Å². The van der Waals surface area contributed by atoms with E-state index in [1.165, 1.54) is 55.6 Å². The highest BCUT2D eigenvalue weighted by molar-refractivity contribution is 9.11. The lowest BCUT2D eigenvalue weighted by atomic mass is 9.66. The van der Waals surface area contributed by atoms with Gasteiger partial charge in [-0.15, -0.1) is 0 Å². The lowest BCUT2D eigenvalue weighted by Gasteiger charge is -2.35. The fraction of sp³-hybridized carbons (Fsp3) is 0.0886. The molecule has 0 aliphatic heterocycles. The number of halogens is 4. The first-order valence-corrected chi connectivity index (χ1v) is 32.2. The van der Waals surface area contributed by atoms with Crippen LogP contribution in [0.5, 0.6) is 34.5 Å². The summed E-state index contributed by atoms with van der Waals surface area (Å²) in [5.41, 5.74) is 22.6. The molecule has 0 spiro atoms. The van der Waals surface area contributed by atoms with Gasteiger partial charge >= 0.3 is 0 Å². The summed E-state index contributed by atoms with van der Waals surface area (Å²) in [5.74, 6) is 1.50. The molecule has 12 aromatic rings. The minimum atomic E-state index is -0.648. The van der Waals surface area contributed by atoms with Gasteiger partial charge in [0.25, 0.3) is 0 Å². The molecule has 89 heavy (non-hydrogen) atoms. The van der Waals surface area contributed by atoms with Crippen LogP contribution in [0.1, 0.15) is 89.0 Å². The fourth-order valence-electron chi connectivity index (χ4n) is 14.4. The van der Waals surface area contributed by atoms with Gasteiger partial charge in [-0.1, -0.05) is 194 Å². The van der Waals surface area contributed by atoms with Crippen LogP contribution in [0.4, 0.5) is 0 Å². The topological polar surface area (TPSA) is 121 Å². The molecule has 0 aromatic heterocycles. The minimum Gasteiger partial charge on any atom is -0.508 e. The zero-order valence-electron chi connectivity index (χ0n) is 48.8. The van der Waals surface area contributed by atoms with Crippen molar-refractivity contribution in [1.29, 1.82) is 0 Å². The predicted molar refractivity (Wildman–Crippen MR) is 371 cm³/mol. The summed E-state index contributed by atoms with van der Waals surface area (Å²) in [6, 6.07) is 82.1. The van der Waals surface area contributed by atoms with Crippen molar-refractivity contribution >= 4 is 63.7 Å². The average Bonchev–Trinajstić information content (AvgIpc) is 1.61. The third-order valence-electron chi connectivity index (χ3n) is 18.2. The monoisotopic (exact) mass is 1420 g/mol. The summed E-state index contributed by atoms with van der Waals surface area (Å²) in [5, 5.41) is 61.5. The van der Waals surface area contributed by atoms with Crippen molar-refractivity contribution in [3.05, 3.63) is 350 Å². The number of hydrogen-bond acceptors (Lipinski definition) is 6. The Morgan fingerprint density at radius 3 is 0.640 bits per heavy atom. The summed E-state index contributed by atoms with van der Waals surface area (Å²) in [6.07, 6.45) is 0. The van der Waals surface area contributed by atoms with Crippen molar-refractivity contribution in [2.45, 2.75) is 43.9 Å². The summed E-state index contributed by atoms with van der Waals surface area (Å²) in [7, 11) is 0. The molecule has 0 fully saturated rings. The second-order valence-corrected chi connectivity index (χ2v) is 26.5. The molecule has 0 saturated carbocycles. The molecule has 0 radical (unpaired) electrons. The number of fused-ring (bicyclic) bond motifs is 9. The number of benzene rings is 12. The lowest BCUT2D eigenvalue weighted by Crippen LogP contribution is -2.29. The number of phenols is 6. The van der Waals surface area contributed by atoms with Crippen molar-refractivity contribution in [1.82, 2.24) is 0 Å². The van der Waals surface area contributed by atoms with E-state index < -0.39 is 16.2 Å². The Labute approximate surface area is 551 Å².